The zero-order chi connectivity index (χ0) is 25.6. The molecule has 0 radical (unpaired) electrons. The molecule has 2 aliphatic rings. The molecule has 1 aromatic heterocycles. The Morgan fingerprint density at radius 3 is 2.61 bits per heavy atom. The van der Waals surface area contributed by atoms with E-state index in [0.717, 1.165) is 24.0 Å². The second-order valence-electron chi connectivity index (χ2n) is 9.51. The standard InChI is InChI=1S/C27H28FN3O4S/c1-16-7-12-21(13-8-16)36(33,34)30-29-22-5-4-6-24-25(22)18(3)26(35-24)27(32)31-17(2)9-10-19-15-20(28)11-14-23(19)31/h7-8,11-15,17,30H,4-6,9-10H2,1-3H3/b29-22+. The minimum absolute atomic E-state index is 0.0774. The number of nitrogens with zero attached hydrogens (tertiary/aromatic N) is 2. The summed E-state index contributed by atoms with van der Waals surface area (Å²) in [5, 5.41) is 4.25. The summed E-state index contributed by atoms with van der Waals surface area (Å²) >= 11 is 0. The Balaban J connectivity index is 1.48. The predicted octanol–water partition coefficient (Wildman–Crippen LogP) is 5.04. The van der Waals surface area contributed by atoms with Crippen molar-refractivity contribution in [3.8, 4) is 0 Å². The van der Waals surface area contributed by atoms with Crippen LogP contribution in [0.15, 0.2) is 56.9 Å². The molecule has 0 bridgehead atoms. The van der Waals surface area contributed by atoms with Crippen molar-refractivity contribution in [2.75, 3.05) is 4.90 Å². The number of hydrogen-bond acceptors (Lipinski definition) is 5. The predicted molar refractivity (Wildman–Crippen MR) is 135 cm³/mol. The third-order valence-corrected chi connectivity index (χ3v) is 8.17. The molecule has 1 atom stereocenters. The lowest BCUT2D eigenvalue weighted by molar-refractivity contribution is 0.0945. The topological polar surface area (TPSA) is 92.0 Å². The molecular formula is C27H28FN3O4S. The zero-order valence-electron chi connectivity index (χ0n) is 20.5. The number of sulfonamides is 1. The first-order valence-electron chi connectivity index (χ1n) is 12.1. The highest BCUT2D eigenvalue weighted by atomic mass is 32.2. The molecule has 9 heteroatoms. The van der Waals surface area contributed by atoms with Gasteiger partial charge in [-0.15, -0.1) is 0 Å². The summed E-state index contributed by atoms with van der Waals surface area (Å²) in [4.78, 5) is 17.9. The van der Waals surface area contributed by atoms with E-state index >= 15 is 0 Å². The average molecular weight is 510 g/mol. The number of aryl methyl sites for hydroxylation is 3. The lowest BCUT2D eigenvalue weighted by Crippen LogP contribution is -2.42. The molecule has 188 valence electrons. The molecule has 1 aliphatic heterocycles. The number of rotatable bonds is 4. The van der Waals surface area contributed by atoms with Gasteiger partial charge in [-0.1, -0.05) is 17.7 Å². The van der Waals surface area contributed by atoms with E-state index in [1.54, 1.807) is 30.0 Å². The van der Waals surface area contributed by atoms with Crippen molar-refractivity contribution in [2.24, 2.45) is 5.10 Å². The summed E-state index contributed by atoms with van der Waals surface area (Å²) in [6.07, 6.45) is 3.32. The smallest absolute Gasteiger partial charge is 0.294 e. The Kier molecular flexibility index (Phi) is 6.20. The third-order valence-electron chi connectivity index (χ3n) is 6.94. The van der Waals surface area contributed by atoms with Crippen LogP contribution in [0.2, 0.25) is 0 Å². The normalized spacial score (nSPS) is 18.6. The lowest BCUT2D eigenvalue weighted by atomic mass is 9.92. The van der Waals surface area contributed by atoms with E-state index in [2.05, 4.69) is 9.93 Å². The Labute approximate surface area is 210 Å². The van der Waals surface area contributed by atoms with Gasteiger partial charge in [0.05, 0.1) is 10.6 Å². The number of anilines is 1. The molecule has 7 nitrogen and oxygen atoms in total. The summed E-state index contributed by atoms with van der Waals surface area (Å²) in [6, 6.07) is 10.9. The summed E-state index contributed by atoms with van der Waals surface area (Å²) in [5.41, 5.74) is 4.29. The fraction of sp³-hybridized carbons (Fsp3) is 0.333. The number of halogens is 1. The highest BCUT2D eigenvalue weighted by Gasteiger charge is 2.35. The van der Waals surface area contributed by atoms with Crippen molar-refractivity contribution in [1.29, 1.82) is 0 Å². The van der Waals surface area contributed by atoms with Gasteiger partial charge >= 0.3 is 0 Å². The summed E-state index contributed by atoms with van der Waals surface area (Å²) in [7, 11) is -3.84. The van der Waals surface area contributed by atoms with Gasteiger partial charge in [0, 0.05) is 29.3 Å². The number of fused-ring (bicyclic) bond motifs is 2. The molecule has 1 amide bonds. The van der Waals surface area contributed by atoms with Gasteiger partial charge in [-0.2, -0.15) is 18.4 Å². The van der Waals surface area contributed by atoms with Gasteiger partial charge in [0.2, 0.25) is 0 Å². The molecule has 1 aliphatic carbocycles. The maximum atomic E-state index is 13.8. The van der Waals surface area contributed by atoms with Crippen LogP contribution in [0.3, 0.4) is 0 Å². The van der Waals surface area contributed by atoms with Gasteiger partial charge in [0.15, 0.2) is 5.76 Å². The van der Waals surface area contributed by atoms with Crippen LogP contribution in [-0.4, -0.2) is 26.1 Å². The quantitative estimate of drug-likeness (QED) is 0.499. The zero-order valence-corrected chi connectivity index (χ0v) is 21.3. The summed E-state index contributed by atoms with van der Waals surface area (Å²) in [6.45, 7) is 5.65. The SMILES string of the molecule is Cc1ccc(S(=O)(=O)N/N=C2\CCCc3oc(C(=O)N4c5ccc(F)cc5CCC4C)c(C)c32)cc1. The minimum atomic E-state index is -3.84. The van der Waals surface area contributed by atoms with Crippen molar-refractivity contribution in [3.05, 3.63) is 82.1 Å². The number of carbonyl (C=O) groups excluding carboxylic acids is 1. The van der Waals surface area contributed by atoms with E-state index in [-0.39, 0.29) is 28.4 Å². The van der Waals surface area contributed by atoms with Crippen LogP contribution in [0.4, 0.5) is 10.1 Å². The number of benzene rings is 2. The van der Waals surface area contributed by atoms with Crippen LogP contribution >= 0.6 is 0 Å². The second kappa shape index (κ2) is 9.20. The largest absolute Gasteiger partial charge is 0.455 e. The minimum Gasteiger partial charge on any atom is -0.455 e. The van der Waals surface area contributed by atoms with Gasteiger partial charge < -0.3 is 9.32 Å². The molecule has 2 heterocycles. The molecule has 2 aromatic carbocycles. The third kappa shape index (κ3) is 4.32. The highest BCUT2D eigenvalue weighted by Crippen LogP contribution is 2.36. The van der Waals surface area contributed by atoms with Crippen LogP contribution in [0.1, 0.15) is 64.8 Å². The van der Waals surface area contributed by atoms with Crippen molar-refractivity contribution in [1.82, 2.24) is 4.83 Å². The van der Waals surface area contributed by atoms with Crippen molar-refractivity contribution >= 4 is 27.3 Å². The molecule has 0 saturated heterocycles. The monoisotopic (exact) mass is 509 g/mol. The number of furan rings is 1. The van der Waals surface area contributed by atoms with E-state index in [1.165, 1.54) is 24.3 Å². The van der Waals surface area contributed by atoms with E-state index in [1.807, 2.05) is 13.8 Å². The fourth-order valence-electron chi connectivity index (χ4n) is 5.01. The molecule has 1 unspecified atom stereocenters. The molecule has 3 aromatic rings. The fourth-order valence-corrected chi connectivity index (χ4v) is 5.84. The molecule has 0 saturated carbocycles. The van der Waals surface area contributed by atoms with Gasteiger partial charge in [-0.25, -0.2) is 4.39 Å². The lowest BCUT2D eigenvalue weighted by Gasteiger charge is -2.34. The van der Waals surface area contributed by atoms with Crippen LogP contribution in [0.5, 0.6) is 0 Å². The van der Waals surface area contributed by atoms with E-state index in [4.69, 9.17) is 4.42 Å². The van der Waals surface area contributed by atoms with Crippen LogP contribution in [-0.2, 0) is 22.9 Å². The molecular weight excluding hydrogens is 481 g/mol. The van der Waals surface area contributed by atoms with Crippen molar-refractivity contribution in [3.63, 3.8) is 0 Å². The highest BCUT2D eigenvalue weighted by molar-refractivity contribution is 7.89. The van der Waals surface area contributed by atoms with Crippen LogP contribution in [0.25, 0.3) is 0 Å². The Morgan fingerprint density at radius 1 is 1.11 bits per heavy atom. The number of hydrogen-bond donors (Lipinski definition) is 1. The number of hydrazone groups is 1. The Morgan fingerprint density at radius 2 is 1.86 bits per heavy atom. The van der Waals surface area contributed by atoms with Crippen molar-refractivity contribution in [2.45, 2.75) is 63.8 Å². The summed E-state index contributed by atoms with van der Waals surface area (Å²) in [5.74, 6) is 0.218. The van der Waals surface area contributed by atoms with E-state index < -0.39 is 10.0 Å². The average Bonchev–Trinajstić information content (AvgIpc) is 3.20. The maximum Gasteiger partial charge on any atom is 0.294 e. The first-order chi connectivity index (χ1) is 17.2. The first-order valence-corrected chi connectivity index (χ1v) is 13.5. The van der Waals surface area contributed by atoms with E-state index in [0.29, 0.717) is 47.5 Å². The van der Waals surface area contributed by atoms with Crippen molar-refractivity contribution < 1.29 is 22.0 Å². The van der Waals surface area contributed by atoms with E-state index in [9.17, 15) is 17.6 Å². The number of nitrogens with one attached hydrogen (secondary N) is 1. The van der Waals surface area contributed by atoms with Crippen LogP contribution in [0, 0.1) is 19.7 Å². The molecule has 0 spiro atoms. The van der Waals surface area contributed by atoms with Gasteiger partial charge in [0.25, 0.3) is 15.9 Å². The molecule has 5 rings (SSSR count). The molecule has 36 heavy (non-hydrogen) atoms. The first kappa shape index (κ1) is 24.2. The summed E-state index contributed by atoms with van der Waals surface area (Å²) < 4.78 is 45.4. The Bertz CT molecular complexity index is 1480. The maximum absolute atomic E-state index is 13.8. The number of amides is 1. The number of carbonyl (C=O) groups is 1. The van der Waals surface area contributed by atoms with Gasteiger partial charge in [-0.05, 0) is 82.3 Å². The second-order valence-corrected chi connectivity index (χ2v) is 11.2. The van der Waals surface area contributed by atoms with Gasteiger partial charge in [-0.3, -0.25) is 4.79 Å². The van der Waals surface area contributed by atoms with Crippen LogP contribution < -0.4 is 9.73 Å². The Hall–Kier alpha value is -3.46. The van der Waals surface area contributed by atoms with Gasteiger partial charge in [0.1, 0.15) is 11.6 Å². The molecule has 1 N–H and O–H groups in total. The molecule has 0 fully saturated rings.